The van der Waals surface area contributed by atoms with E-state index in [1.165, 1.54) is 7.11 Å². The predicted octanol–water partition coefficient (Wildman–Crippen LogP) is 4.97. The van der Waals surface area contributed by atoms with Crippen LogP contribution in [0.5, 0.6) is 5.75 Å². The van der Waals surface area contributed by atoms with E-state index in [4.69, 9.17) is 9.47 Å². The van der Waals surface area contributed by atoms with Crippen molar-refractivity contribution in [1.82, 2.24) is 9.47 Å². The van der Waals surface area contributed by atoms with Gasteiger partial charge in [-0.15, -0.1) is 0 Å². The van der Waals surface area contributed by atoms with Crippen LogP contribution in [0.1, 0.15) is 88.4 Å². The minimum Gasteiger partial charge on any atom is -0.497 e. The molecule has 0 saturated heterocycles. The van der Waals surface area contributed by atoms with E-state index in [1.807, 2.05) is 18.4 Å². The maximum Gasteiger partial charge on any atom is 0.354 e. The highest BCUT2D eigenvalue weighted by molar-refractivity contribution is 6.07. The highest BCUT2D eigenvalue weighted by Crippen LogP contribution is 2.30. The third-order valence-corrected chi connectivity index (χ3v) is 7.04. The van der Waals surface area contributed by atoms with Crippen LogP contribution < -0.4 is 4.74 Å². The van der Waals surface area contributed by atoms with Crippen molar-refractivity contribution in [3.63, 3.8) is 0 Å². The number of carbonyl (C=O) groups is 3. The molecule has 1 aliphatic rings. The molecule has 1 aromatic heterocycles. The van der Waals surface area contributed by atoms with Crippen LogP contribution >= 0.6 is 0 Å². The first-order valence-corrected chi connectivity index (χ1v) is 12.1. The number of rotatable bonds is 8. The topological polar surface area (TPSA) is 77.8 Å². The Hall–Kier alpha value is -3.09. The lowest BCUT2D eigenvalue weighted by atomic mass is 9.90. The molecule has 1 aliphatic carbocycles. The zero-order valence-corrected chi connectivity index (χ0v) is 21.1. The molecule has 0 spiro atoms. The van der Waals surface area contributed by atoms with Gasteiger partial charge < -0.3 is 18.9 Å². The monoisotopic (exact) mass is 468 g/mol. The van der Waals surface area contributed by atoms with Gasteiger partial charge >= 0.3 is 5.97 Å². The maximum atomic E-state index is 13.9. The van der Waals surface area contributed by atoms with Gasteiger partial charge in [-0.05, 0) is 70.4 Å². The fourth-order valence-electron chi connectivity index (χ4n) is 5.25. The van der Waals surface area contributed by atoms with E-state index in [1.54, 1.807) is 50.1 Å². The SMILES string of the molecule is CCn1c(C)c(C(=O)C(C)N(C(=O)c2ccc(OC)cc2)C2CCCCC2)c(C)c1C(=O)OC. The van der Waals surface area contributed by atoms with Crippen LogP contribution in [0.15, 0.2) is 24.3 Å². The van der Waals surface area contributed by atoms with E-state index < -0.39 is 12.0 Å². The predicted molar refractivity (Wildman–Crippen MR) is 131 cm³/mol. The molecule has 0 bridgehead atoms. The molecular weight excluding hydrogens is 432 g/mol. The van der Waals surface area contributed by atoms with Gasteiger partial charge in [-0.1, -0.05) is 19.3 Å². The second-order valence-corrected chi connectivity index (χ2v) is 8.94. The smallest absolute Gasteiger partial charge is 0.354 e. The number of benzene rings is 1. The van der Waals surface area contributed by atoms with Crippen molar-refractivity contribution in [2.24, 2.45) is 0 Å². The molecule has 1 unspecified atom stereocenters. The maximum absolute atomic E-state index is 13.9. The van der Waals surface area contributed by atoms with Gasteiger partial charge in [0.25, 0.3) is 5.91 Å². The van der Waals surface area contributed by atoms with E-state index in [2.05, 4.69) is 0 Å². The zero-order chi connectivity index (χ0) is 25.0. The number of ether oxygens (including phenoxy) is 2. The van der Waals surface area contributed by atoms with E-state index in [9.17, 15) is 14.4 Å². The lowest BCUT2D eigenvalue weighted by Crippen LogP contribution is -2.50. The summed E-state index contributed by atoms with van der Waals surface area (Å²) < 4.78 is 12.0. The summed E-state index contributed by atoms with van der Waals surface area (Å²) in [5.74, 6) is -0.103. The lowest BCUT2D eigenvalue weighted by molar-refractivity contribution is 0.0486. The van der Waals surface area contributed by atoms with Crippen molar-refractivity contribution in [3.8, 4) is 5.75 Å². The van der Waals surface area contributed by atoms with Crippen LogP contribution in [0.3, 0.4) is 0 Å². The minimum atomic E-state index is -0.673. The van der Waals surface area contributed by atoms with E-state index in [-0.39, 0.29) is 17.7 Å². The van der Waals surface area contributed by atoms with E-state index >= 15 is 0 Å². The van der Waals surface area contributed by atoms with Gasteiger partial charge in [-0.25, -0.2) is 4.79 Å². The van der Waals surface area contributed by atoms with Crippen molar-refractivity contribution >= 4 is 17.7 Å². The molecule has 0 aliphatic heterocycles. The Morgan fingerprint density at radius 3 is 2.21 bits per heavy atom. The van der Waals surface area contributed by atoms with Gasteiger partial charge in [-0.3, -0.25) is 9.59 Å². The molecule has 3 rings (SSSR count). The number of hydrogen-bond donors (Lipinski definition) is 0. The Bertz CT molecular complexity index is 1050. The molecule has 184 valence electrons. The number of aromatic nitrogens is 1. The summed E-state index contributed by atoms with van der Waals surface area (Å²) in [6.07, 6.45) is 4.97. The number of esters is 1. The number of amides is 1. The summed E-state index contributed by atoms with van der Waals surface area (Å²) in [5, 5.41) is 0. The van der Waals surface area contributed by atoms with E-state index in [0.29, 0.717) is 34.7 Å². The first-order valence-electron chi connectivity index (χ1n) is 12.1. The van der Waals surface area contributed by atoms with Gasteiger partial charge in [0.05, 0.1) is 20.3 Å². The summed E-state index contributed by atoms with van der Waals surface area (Å²) in [7, 11) is 2.92. The first kappa shape index (κ1) is 25.5. The second kappa shape index (κ2) is 10.9. The Labute approximate surface area is 202 Å². The Kier molecular flexibility index (Phi) is 8.18. The number of hydrogen-bond acceptors (Lipinski definition) is 5. The summed E-state index contributed by atoms with van der Waals surface area (Å²) in [6, 6.07) is 6.33. The number of Topliss-reactive ketones (excluding diaryl/α,β-unsaturated/α-hetero) is 1. The molecule has 1 atom stereocenters. The van der Waals surface area contributed by atoms with Gasteiger partial charge in [0.15, 0.2) is 5.78 Å². The molecule has 1 fully saturated rings. The Balaban J connectivity index is 2.03. The minimum absolute atomic E-state index is 0.00347. The molecule has 34 heavy (non-hydrogen) atoms. The molecule has 0 radical (unpaired) electrons. The molecule has 7 nitrogen and oxygen atoms in total. The summed E-state index contributed by atoms with van der Waals surface area (Å²) in [6.45, 7) is 7.90. The molecule has 1 amide bonds. The van der Waals surface area contributed by atoms with Crippen LogP contribution in [-0.2, 0) is 11.3 Å². The average molecular weight is 469 g/mol. The van der Waals surface area contributed by atoms with Gasteiger partial charge in [0.1, 0.15) is 11.4 Å². The Morgan fingerprint density at radius 1 is 1.06 bits per heavy atom. The third-order valence-electron chi connectivity index (χ3n) is 7.04. The number of methoxy groups -OCH3 is 2. The van der Waals surface area contributed by atoms with Gasteiger partial charge in [0, 0.05) is 29.4 Å². The molecule has 1 heterocycles. The number of nitrogens with zero attached hydrogens (tertiary/aromatic N) is 2. The quantitative estimate of drug-likeness (QED) is 0.404. The Morgan fingerprint density at radius 2 is 1.68 bits per heavy atom. The van der Waals surface area contributed by atoms with Gasteiger partial charge in [-0.2, -0.15) is 0 Å². The van der Waals surface area contributed by atoms with Crippen LogP contribution in [0.2, 0.25) is 0 Å². The van der Waals surface area contributed by atoms with Crippen molar-refractivity contribution < 1.29 is 23.9 Å². The van der Waals surface area contributed by atoms with E-state index in [0.717, 1.165) is 37.8 Å². The molecule has 1 aromatic carbocycles. The molecule has 1 saturated carbocycles. The standard InChI is InChI=1S/C27H36N2O5/c1-7-28-18(3)23(17(2)24(28)27(32)34-6)25(30)19(4)29(21-11-9-8-10-12-21)26(31)20-13-15-22(33-5)16-14-20/h13-16,19,21H,7-12H2,1-6H3. The molecular formula is C27H36N2O5. The van der Waals surface area contributed by atoms with Gasteiger partial charge in [0.2, 0.25) is 0 Å². The number of ketones is 1. The highest BCUT2D eigenvalue weighted by Gasteiger charge is 2.37. The lowest BCUT2D eigenvalue weighted by Gasteiger charge is -2.38. The molecule has 7 heteroatoms. The van der Waals surface area contributed by atoms with Crippen molar-refractivity contribution in [2.45, 2.75) is 78.4 Å². The average Bonchev–Trinajstić information content (AvgIpc) is 3.12. The highest BCUT2D eigenvalue weighted by atomic mass is 16.5. The summed E-state index contributed by atoms with van der Waals surface area (Å²) in [4.78, 5) is 41.9. The third kappa shape index (κ3) is 4.74. The van der Waals surface area contributed by atoms with Crippen molar-refractivity contribution in [1.29, 1.82) is 0 Å². The summed E-state index contributed by atoms with van der Waals surface area (Å²) >= 11 is 0. The van der Waals surface area contributed by atoms with Crippen molar-refractivity contribution in [3.05, 3.63) is 52.3 Å². The van der Waals surface area contributed by atoms with Crippen LogP contribution in [0.4, 0.5) is 0 Å². The van der Waals surface area contributed by atoms with Crippen molar-refractivity contribution in [2.75, 3.05) is 14.2 Å². The zero-order valence-electron chi connectivity index (χ0n) is 21.1. The molecule has 0 N–H and O–H groups in total. The van der Waals surface area contributed by atoms with Crippen LogP contribution in [0.25, 0.3) is 0 Å². The summed E-state index contributed by atoms with van der Waals surface area (Å²) in [5.41, 5.74) is 2.74. The fourth-order valence-corrected chi connectivity index (χ4v) is 5.25. The second-order valence-electron chi connectivity index (χ2n) is 8.94. The fraction of sp³-hybridized carbons (Fsp3) is 0.519. The number of carbonyl (C=O) groups excluding carboxylic acids is 3. The first-order chi connectivity index (χ1) is 16.3. The normalized spacial score (nSPS) is 15.0. The van der Waals surface area contributed by atoms with Crippen LogP contribution in [0, 0.1) is 13.8 Å². The molecule has 2 aromatic rings. The largest absolute Gasteiger partial charge is 0.497 e. The van der Waals surface area contributed by atoms with Crippen LogP contribution in [-0.4, -0.2) is 53.4 Å².